The van der Waals surface area contributed by atoms with Crippen molar-refractivity contribution in [2.45, 2.75) is 45.1 Å². The van der Waals surface area contributed by atoms with E-state index in [0.717, 1.165) is 22.5 Å². The van der Waals surface area contributed by atoms with E-state index in [1.54, 1.807) is 24.5 Å². The van der Waals surface area contributed by atoms with Gasteiger partial charge in [0.1, 0.15) is 0 Å². The van der Waals surface area contributed by atoms with Gasteiger partial charge in [-0.2, -0.15) is 0 Å². The molecule has 2 heterocycles. The molecular weight excluding hydrogens is 232 g/mol. The second-order valence-corrected chi connectivity index (χ2v) is 6.17. The van der Waals surface area contributed by atoms with Gasteiger partial charge in [-0.15, -0.1) is 0 Å². The van der Waals surface area contributed by atoms with Crippen LogP contribution < -0.4 is 4.90 Å². The summed E-state index contributed by atoms with van der Waals surface area (Å²) >= 11 is 1.56. The Balaban J connectivity index is 1.84. The number of hydrogen-bond donors (Lipinski definition) is 0. The van der Waals surface area contributed by atoms with Gasteiger partial charge in [0.05, 0.1) is 11.1 Å². The molecule has 2 unspecified atom stereocenters. The van der Waals surface area contributed by atoms with Gasteiger partial charge in [0.2, 0.25) is 0 Å². The lowest BCUT2D eigenvalue weighted by Crippen LogP contribution is -2.42. The number of hydrogen-bond acceptors (Lipinski definition) is 4. The Bertz CT molecular complexity index is 429. The molecule has 1 saturated carbocycles. The minimum atomic E-state index is 0.133. The highest BCUT2D eigenvalue weighted by atomic mass is 32.1. The summed E-state index contributed by atoms with van der Waals surface area (Å²) < 4.78 is 0. The summed E-state index contributed by atoms with van der Waals surface area (Å²) in [5.41, 5.74) is 0. The summed E-state index contributed by atoms with van der Waals surface area (Å²) in [6.45, 7) is 2.73. The zero-order chi connectivity index (χ0) is 11.8. The van der Waals surface area contributed by atoms with Crippen LogP contribution in [0.4, 0.5) is 5.13 Å². The molecule has 0 amide bonds. The van der Waals surface area contributed by atoms with Gasteiger partial charge < -0.3 is 4.90 Å². The second-order valence-electron chi connectivity index (χ2n) is 5.16. The minimum Gasteiger partial charge on any atom is -0.345 e. The molecule has 3 nitrogen and oxygen atoms in total. The first-order valence-electron chi connectivity index (χ1n) is 6.49. The van der Waals surface area contributed by atoms with Crippen molar-refractivity contribution in [1.82, 2.24) is 4.98 Å². The summed E-state index contributed by atoms with van der Waals surface area (Å²) in [7, 11) is 0. The molecule has 1 aliphatic carbocycles. The molecule has 0 aromatic carbocycles. The number of rotatable bonds is 2. The van der Waals surface area contributed by atoms with E-state index in [1.807, 2.05) is 0 Å². The van der Waals surface area contributed by atoms with Crippen LogP contribution >= 0.6 is 11.3 Å². The highest BCUT2D eigenvalue weighted by Gasteiger charge is 2.36. The predicted octanol–water partition coefficient (Wildman–Crippen LogP) is 3.11. The highest BCUT2D eigenvalue weighted by Crippen LogP contribution is 2.40. The van der Waals surface area contributed by atoms with Crippen molar-refractivity contribution in [1.29, 1.82) is 0 Å². The average Bonchev–Trinajstić information content (AvgIpc) is 2.97. The zero-order valence-electron chi connectivity index (χ0n) is 10.2. The molecule has 0 bridgehead atoms. The number of ketones is 1. The monoisotopic (exact) mass is 250 g/mol. The molecule has 17 heavy (non-hydrogen) atoms. The highest BCUT2D eigenvalue weighted by molar-refractivity contribution is 7.17. The predicted molar refractivity (Wildman–Crippen MR) is 69.8 cm³/mol. The summed E-state index contributed by atoms with van der Waals surface area (Å²) in [4.78, 5) is 19.0. The Morgan fingerprint density at radius 3 is 3.00 bits per heavy atom. The smallest absolute Gasteiger partial charge is 0.186 e. The quantitative estimate of drug-likeness (QED) is 0.756. The third-order valence-electron chi connectivity index (χ3n) is 4.08. The van der Waals surface area contributed by atoms with E-state index in [-0.39, 0.29) is 5.78 Å². The van der Waals surface area contributed by atoms with Gasteiger partial charge >= 0.3 is 0 Å². The second kappa shape index (κ2) is 4.41. The first kappa shape index (κ1) is 11.2. The number of anilines is 1. The van der Waals surface area contributed by atoms with Crippen LogP contribution in [-0.2, 0) is 0 Å². The Morgan fingerprint density at radius 1 is 1.41 bits per heavy atom. The number of thiazole rings is 1. The Labute approximate surface area is 106 Å². The van der Waals surface area contributed by atoms with Crippen molar-refractivity contribution in [3.8, 4) is 0 Å². The number of fused-ring (bicyclic) bond motifs is 1. The van der Waals surface area contributed by atoms with Crippen molar-refractivity contribution < 1.29 is 4.79 Å². The van der Waals surface area contributed by atoms with E-state index in [4.69, 9.17) is 0 Å². The number of Topliss-reactive ketones (excluding diaryl/α,β-unsaturated/α-hetero) is 1. The van der Waals surface area contributed by atoms with Crippen LogP contribution in [0.3, 0.4) is 0 Å². The summed E-state index contributed by atoms with van der Waals surface area (Å²) in [5, 5.41) is 1.06. The topological polar surface area (TPSA) is 33.2 Å². The van der Waals surface area contributed by atoms with Gasteiger partial charge in [-0.1, -0.05) is 17.8 Å². The van der Waals surface area contributed by atoms with E-state index in [9.17, 15) is 4.79 Å². The van der Waals surface area contributed by atoms with Gasteiger partial charge in [0, 0.05) is 19.5 Å². The fraction of sp³-hybridized carbons (Fsp3) is 0.692. The summed E-state index contributed by atoms with van der Waals surface area (Å²) in [5.74, 6) is 1.00. The van der Waals surface area contributed by atoms with E-state index in [1.165, 1.54) is 32.1 Å². The molecule has 3 rings (SSSR count). The maximum Gasteiger partial charge on any atom is 0.186 e. The van der Waals surface area contributed by atoms with Crippen molar-refractivity contribution in [3.05, 3.63) is 11.1 Å². The van der Waals surface area contributed by atoms with E-state index < -0.39 is 0 Å². The van der Waals surface area contributed by atoms with Crippen molar-refractivity contribution >= 4 is 22.3 Å². The SMILES string of the molecule is CC(=O)c1cnc(N2CCCC3CCCC32)s1. The molecule has 0 spiro atoms. The molecule has 1 aromatic rings. The van der Waals surface area contributed by atoms with Crippen molar-refractivity contribution in [2.75, 3.05) is 11.4 Å². The van der Waals surface area contributed by atoms with Crippen LogP contribution in [0.2, 0.25) is 0 Å². The van der Waals surface area contributed by atoms with Crippen LogP contribution in [0, 0.1) is 5.92 Å². The molecule has 1 saturated heterocycles. The number of aromatic nitrogens is 1. The number of carbonyl (C=O) groups excluding carboxylic acids is 1. The third kappa shape index (κ3) is 1.99. The standard InChI is InChI=1S/C13H18N2OS/c1-9(16)12-8-14-13(17-12)15-7-3-5-10-4-2-6-11(10)15/h8,10-11H,2-7H2,1H3. The van der Waals surface area contributed by atoms with Crippen LogP contribution in [0.15, 0.2) is 6.20 Å². The molecule has 4 heteroatoms. The van der Waals surface area contributed by atoms with Crippen LogP contribution in [0.25, 0.3) is 0 Å². The average molecular weight is 250 g/mol. The Hall–Kier alpha value is -0.900. The molecule has 2 aliphatic rings. The normalized spacial score (nSPS) is 28.2. The number of carbonyl (C=O) groups is 1. The van der Waals surface area contributed by atoms with E-state index >= 15 is 0 Å². The fourth-order valence-corrected chi connectivity index (χ4v) is 4.15. The molecule has 2 fully saturated rings. The molecule has 1 aromatic heterocycles. The first-order chi connectivity index (χ1) is 8.25. The molecule has 92 valence electrons. The van der Waals surface area contributed by atoms with Crippen molar-refractivity contribution in [2.24, 2.45) is 5.92 Å². The van der Waals surface area contributed by atoms with Gasteiger partial charge in [0.15, 0.2) is 10.9 Å². The van der Waals surface area contributed by atoms with Crippen LogP contribution in [0.1, 0.15) is 48.7 Å². The largest absolute Gasteiger partial charge is 0.345 e. The first-order valence-corrected chi connectivity index (χ1v) is 7.31. The summed E-state index contributed by atoms with van der Waals surface area (Å²) in [6.07, 6.45) is 8.44. The minimum absolute atomic E-state index is 0.133. The lowest BCUT2D eigenvalue weighted by atomic mass is 9.92. The molecule has 2 atom stereocenters. The Kier molecular flexibility index (Phi) is 2.90. The van der Waals surface area contributed by atoms with Crippen molar-refractivity contribution in [3.63, 3.8) is 0 Å². The van der Waals surface area contributed by atoms with Crippen LogP contribution in [-0.4, -0.2) is 23.4 Å². The lowest BCUT2D eigenvalue weighted by molar-refractivity contribution is 0.102. The summed E-state index contributed by atoms with van der Waals surface area (Å²) in [6, 6.07) is 0.690. The van der Waals surface area contributed by atoms with Gasteiger partial charge in [-0.25, -0.2) is 4.98 Å². The molecule has 0 N–H and O–H groups in total. The maximum atomic E-state index is 11.3. The molecular formula is C13H18N2OS. The molecule has 1 aliphatic heterocycles. The number of piperidine rings is 1. The number of nitrogens with zero attached hydrogens (tertiary/aromatic N) is 2. The van der Waals surface area contributed by atoms with E-state index in [2.05, 4.69) is 9.88 Å². The Morgan fingerprint density at radius 2 is 2.24 bits per heavy atom. The van der Waals surface area contributed by atoms with Gasteiger partial charge in [-0.3, -0.25) is 4.79 Å². The third-order valence-corrected chi connectivity index (χ3v) is 5.21. The van der Waals surface area contributed by atoms with Crippen LogP contribution in [0.5, 0.6) is 0 Å². The zero-order valence-corrected chi connectivity index (χ0v) is 11.0. The van der Waals surface area contributed by atoms with Gasteiger partial charge in [0.25, 0.3) is 0 Å². The lowest BCUT2D eigenvalue weighted by Gasteiger charge is -2.37. The molecule has 0 radical (unpaired) electrons. The fourth-order valence-electron chi connectivity index (χ4n) is 3.25. The van der Waals surface area contributed by atoms with Gasteiger partial charge in [-0.05, 0) is 31.6 Å². The maximum absolute atomic E-state index is 11.3. The van der Waals surface area contributed by atoms with E-state index in [0.29, 0.717) is 6.04 Å².